The van der Waals surface area contributed by atoms with Crippen LogP contribution >= 0.6 is 0 Å². The maximum absolute atomic E-state index is 12.3. The molecule has 0 aromatic heterocycles. The van der Waals surface area contributed by atoms with Crippen LogP contribution in [0.4, 0.5) is 0 Å². The van der Waals surface area contributed by atoms with Crippen LogP contribution in [-0.2, 0) is 4.79 Å². The molecule has 1 aromatic rings. The molecular weight excluding hydrogens is 252 g/mol. The monoisotopic (exact) mass is 268 g/mol. The van der Waals surface area contributed by atoms with E-state index in [0.29, 0.717) is 5.57 Å². The first-order valence-corrected chi connectivity index (χ1v) is 6.89. The van der Waals surface area contributed by atoms with Crippen molar-refractivity contribution in [3.8, 4) is 11.8 Å². The molecule has 4 nitrogen and oxygen atoms in total. The van der Waals surface area contributed by atoms with Gasteiger partial charge in [0.15, 0.2) is 0 Å². The van der Waals surface area contributed by atoms with Crippen molar-refractivity contribution < 1.29 is 9.53 Å². The molecule has 1 heterocycles. The van der Waals surface area contributed by atoms with Gasteiger partial charge in [0.1, 0.15) is 17.9 Å². The maximum atomic E-state index is 12.3. The van der Waals surface area contributed by atoms with Gasteiger partial charge in [-0.3, -0.25) is 4.79 Å². The van der Waals surface area contributed by atoms with Crippen LogP contribution in [0.3, 0.4) is 0 Å². The molecule has 3 rings (SSSR count). The van der Waals surface area contributed by atoms with Crippen molar-refractivity contribution in [3.63, 3.8) is 0 Å². The first-order valence-electron chi connectivity index (χ1n) is 6.89. The van der Waals surface area contributed by atoms with Crippen LogP contribution < -0.4 is 10.1 Å². The van der Waals surface area contributed by atoms with E-state index in [9.17, 15) is 10.1 Å². The molecule has 0 bridgehead atoms. The number of nitrogens with zero attached hydrogens (tertiary/aromatic N) is 1. The van der Waals surface area contributed by atoms with Crippen molar-refractivity contribution in [3.05, 3.63) is 35.4 Å². The number of fused-ring (bicyclic) bond motifs is 1. The number of benzene rings is 1. The van der Waals surface area contributed by atoms with Crippen LogP contribution in [0.25, 0.3) is 6.08 Å². The third kappa shape index (κ3) is 2.27. The summed E-state index contributed by atoms with van der Waals surface area (Å²) in [5, 5.41) is 12.2. The lowest BCUT2D eigenvalue weighted by Gasteiger charge is -2.24. The van der Waals surface area contributed by atoms with E-state index < -0.39 is 5.54 Å². The van der Waals surface area contributed by atoms with Crippen molar-refractivity contribution in [2.45, 2.75) is 31.2 Å². The summed E-state index contributed by atoms with van der Waals surface area (Å²) in [4.78, 5) is 12.3. The fraction of sp³-hybridized carbons (Fsp3) is 0.375. The number of nitrogens with one attached hydrogen (secondary N) is 1. The lowest BCUT2D eigenvalue weighted by molar-refractivity contribution is -0.119. The lowest BCUT2D eigenvalue weighted by atomic mass is 9.98. The molecule has 0 atom stereocenters. The van der Waals surface area contributed by atoms with Gasteiger partial charge in [0.25, 0.3) is 5.91 Å². The lowest BCUT2D eigenvalue weighted by Crippen LogP contribution is -2.46. The minimum Gasteiger partial charge on any atom is -0.488 e. The van der Waals surface area contributed by atoms with Crippen LogP contribution in [0.1, 0.15) is 31.2 Å². The number of rotatable bonds is 2. The Kier molecular flexibility index (Phi) is 3.19. The molecule has 2 aliphatic rings. The Morgan fingerprint density at radius 3 is 2.80 bits per heavy atom. The van der Waals surface area contributed by atoms with E-state index in [1.54, 1.807) is 0 Å². The fourth-order valence-corrected chi connectivity index (χ4v) is 2.79. The van der Waals surface area contributed by atoms with Crippen LogP contribution in [0.15, 0.2) is 29.8 Å². The van der Waals surface area contributed by atoms with Gasteiger partial charge in [0.2, 0.25) is 0 Å². The Morgan fingerprint density at radius 2 is 2.05 bits per heavy atom. The molecule has 102 valence electrons. The molecule has 20 heavy (non-hydrogen) atoms. The second-order valence-corrected chi connectivity index (χ2v) is 5.35. The van der Waals surface area contributed by atoms with Gasteiger partial charge in [-0.05, 0) is 37.8 Å². The van der Waals surface area contributed by atoms with Gasteiger partial charge in [0.05, 0.1) is 11.6 Å². The van der Waals surface area contributed by atoms with Crippen LogP contribution in [0.5, 0.6) is 5.75 Å². The molecule has 1 aliphatic heterocycles. The number of para-hydroxylation sites is 1. The number of carbonyl (C=O) groups is 1. The number of hydrogen-bond donors (Lipinski definition) is 1. The minimum absolute atomic E-state index is 0.192. The largest absolute Gasteiger partial charge is 0.488 e. The third-order valence-corrected chi connectivity index (χ3v) is 3.95. The molecule has 1 fully saturated rings. The Balaban J connectivity index is 1.79. The van der Waals surface area contributed by atoms with Crippen LogP contribution in [-0.4, -0.2) is 18.1 Å². The summed E-state index contributed by atoms with van der Waals surface area (Å²) in [7, 11) is 0. The van der Waals surface area contributed by atoms with E-state index in [-0.39, 0.29) is 12.5 Å². The molecular formula is C16H16N2O2. The summed E-state index contributed by atoms with van der Waals surface area (Å²) in [6.07, 6.45) is 5.30. The number of amides is 1. The second-order valence-electron chi connectivity index (χ2n) is 5.35. The molecule has 0 unspecified atom stereocenters. The summed E-state index contributed by atoms with van der Waals surface area (Å²) in [6, 6.07) is 9.88. The second kappa shape index (κ2) is 5.01. The van der Waals surface area contributed by atoms with E-state index in [4.69, 9.17) is 4.74 Å². The molecule has 0 spiro atoms. The van der Waals surface area contributed by atoms with Crippen molar-refractivity contribution >= 4 is 12.0 Å². The quantitative estimate of drug-likeness (QED) is 0.896. The van der Waals surface area contributed by atoms with Crippen molar-refractivity contribution in [2.75, 3.05) is 6.61 Å². The van der Waals surface area contributed by atoms with Crippen molar-refractivity contribution in [1.82, 2.24) is 5.32 Å². The highest BCUT2D eigenvalue weighted by Gasteiger charge is 2.36. The molecule has 1 aromatic carbocycles. The van der Waals surface area contributed by atoms with Gasteiger partial charge in [-0.25, -0.2) is 0 Å². The Hall–Kier alpha value is -2.28. The summed E-state index contributed by atoms with van der Waals surface area (Å²) < 4.78 is 5.58. The molecule has 1 aliphatic carbocycles. The molecule has 1 N–H and O–H groups in total. The van der Waals surface area contributed by atoms with Crippen molar-refractivity contribution in [1.29, 1.82) is 5.26 Å². The first-order chi connectivity index (χ1) is 9.72. The zero-order valence-electron chi connectivity index (χ0n) is 11.2. The molecule has 0 radical (unpaired) electrons. The summed E-state index contributed by atoms with van der Waals surface area (Å²) in [6.45, 7) is 0.254. The summed E-state index contributed by atoms with van der Waals surface area (Å²) in [5.41, 5.74) is 0.793. The Bertz CT molecular complexity index is 607. The van der Waals surface area contributed by atoms with E-state index in [1.807, 2.05) is 30.3 Å². The van der Waals surface area contributed by atoms with Crippen LogP contribution in [0, 0.1) is 11.3 Å². The highest BCUT2D eigenvalue weighted by Crippen LogP contribution is 2.30. The SMILES string of the molecule is N#CC1(NC(=O)C2=Cc3ccccc3OC2)CCCC1. The van der Waals surface area contributed by atoms with E-state index in [0.717, 1.165) is 37.0 Å². The third-order valence-electron chi connectivity index (χ3n) is 3.95. The number of ether oxygens (including phenoxy) is 1. The average molecular weight is 268 g/mol. The average Bonchev–Trinajstić information content (AvgIpc) is 2.96. The normalized spacial score (nSPS) is 19.2. The summed E-state index contributed by atoms with van der Waals surface area (Å²) in [5.74, 6) is 0.600. The standard InChI is InChI=1S/C16H16N2O2/c17-11-16(7-3-4-8-16)18-15(19)13-9-12-5-1-2-6-14(12)20-10-13/h1-2,5-6,9H,3-4,7-8,10H2,(H,18,19). The van der Waals surface area contributed by atoms with E-state index >= 15 is 0 Å². The molecule has 4 heteroatoms. The highest BCUT2D eigenvalue weighted by molar-refractivity contribution is 5.99. The number of nitriles is 1. The van der Waals surface area contributed by atoms with E-state index in [1.165, 1.54) is 0 Å². The predicted molar refractivity (Wildman–Crippen MR) is 74.9 cm³/mol. The van der Waals surface area contributed by atoms with Gasteiger partial charge in [-0.1, -0.05) is 18.2 Å². The highest BCUT2D eigenvalue weighted by atomic mass is 16.5. The Labute approximate surface area is 118 Å². The number of hydrogen-bond acceptors (Lipinski definition) is 3. The smallest absolute Gasteiger partial charge is 0.251 e. The Morgan fingerprint density at radius 1 is 1.30 bits per heavy atom. The number of carbonyl (C=O) groups excluding carboxylic acids is 1. The predicted octanol–water partition coefficient (Wildman–Crippen LogP) is 2.41. The van der Waals surface area contributed by atoms with Gasteiger partial charge in [-0.15, -0.1) is 0 Å². The minimum atomic E-state index is -0.686. The van der Waals surface area contributed by atoms with Gasteiger partial charge < -0.3 is 10.1 Å². The van der Waals surface area contributed by atoms with Crippen molar-refractivity contribution in [2.24, 2.45) is 0 Å². The summed E-state index contributed by atoms with van der Waals surface area (Å²) >= 11 is 0. The van der Waals surface area contributed by atoms with E-state index in [2.05, 4.69) is 11.4 Å². The fourth-order valence-electron chi connectivity index (χ4n) is 2.79. The molecule has 1 amide bonds. The van der Waals surface area contributed by atoms with Gasteiger partial charge in [0, 0.05) is 5.56 Å². The first kappa shape index (κ1) is 12.7. The molecule has 0 saturated heterocycles. The zero-order valence-corrected chi connectivity index (χ0v) is 11.2. The topological polar surface area (TPSA) is 62.1 Å². The van der Waals surface area contributed by atoms with Crippen LogP contribution in [0.2, 0.25) is 0 Å². The van der Waals surface area contributed by atoms with Gasteiger partial charge in [-0.2, -0.15) is 5.26 Å². The zero-order chi connectivity index (χ0) is 14.0. The maximum Gasteiger partial charge on any atom is 0.251 e. The van der Waals surface area contributed by atoms with Gasteiger partial charge >= 0.3 is 0 Å². The molecule has 1 saturated carbocycles.